The Labute approximate surface area is 215 Å². The van der Waals surface area contributed by atoms with E-state index in [-0.39, 0.29) is 6.17 Å². The van der Waals surface area contributed by atoms with Gasteiger partial charge in [-0.25, -0.2) is 0 Å². The lowest BCUT2D eigenvalue weighted by Gasteiger charge is -2.34. The predicted octanol–water partition coefficient (Wildman–Crippen LogP) is 3.14. The van der Waals surface area contributed by atoms with Crippen LogP contribution >= 0.6 is 0 Å². The van der Waals surface area contributed by atoms with Crippen LogP contribution in [0.15, 0.2) is 49.1 Å². The Morgan fingerprint density at radius 3 is 2.54 bits per heavy atom. The second kappa shape index (κ2) is 9.20. The number of morpholine rings is 1. The number of likely N-dealkylation sites (N-methyl/N-ethyl adjacent to an activating group) is 1. The highest BCUT2D eigenvalue weighted by Gasteiger charge is 2.29. The van der Waals surface area contributed by atoms with Crippen molar-refractivity contribution < 1.29 is 4.74 Å². The molecule has 0 bridgehead atoms. The lowest BCUT2D eigenvalue weighted by molar-refractivity contribution is 0.122. The van der Waals surface area contributed by atoms with E-state index in [1.807, 2.05) is 24.8 Å². The predicted molar refractivity (Wildman–Crippen MR) is 146 cm³/mol. The summed E-state index contributed by atoms with van der Waals surface area (Å²) < 4.78 is 5.51. The maximum Gasteiger partial charge on any atom is 0.141 e. The average Bonchev–Trinajstić information content (AvgIpc) is 3.58. The summed E-state index contributed by atoms with van der Waals surface area (Å²) in [6.45, 7) is 7.38. The molecule has 1 aromatic carbocycles. The van der Waals surface area contributed by atoms with E-state index in [1.54, 1.807) is 0 Å². The lowest BCUT2D eigenvalue weighted by Crippen LogP contribution is -2.44. The average molecular weight is 498 g/mol. The van der Waals surface area contributed by atoms with Gasteiger partial charge < -0.3 is 30.1 Å². The van der Waals surface area contributed by atoms with Crippen molar-refractivity contribution in [2.24, 2.45) is 0 Å². The summed E-state index contributed by atoms with van der Waals surface area (Å²) >= 11 is 0. The number of pyridine rings is 2. The molecule has 0 radical (unpaired) electrons. The third-order valence-corrected chi connectivity index (χ3v) is 7.66. The number of hydrogen-bond donors (Lipinski definition) is 3. The first-order chi connectivity index (χ1) is 18.2. The lowest BCUT2D eigenvalue weighted by atomic mass is 10.0. The summed E-state index contributed by atoms with van der Waals surface area (Å²) in [7, 11) is 2.17. The van der Waals surface area contributed by atoms with Crippen LogP contribution in [0.1, 0.15) is 11.9 Å². The first kappa shape index (κ1) is 22.3. The fraction of sp³-hybridized carbons (Fsp3) is 0.370. The number of fused-ring (bicyclic) bond motifs is 2. The van der Waals surface area contributed by atoms with Gasteiger partial charge >= 0.3 is 0 Å². The number of benzene rings is 1. The Balaban J connectivity index is 1.18. The highest BCUT2D eigenvalue weighted by atomic mass is 16.5. The van der Waals surface area contributed by atoms with Gasteiger partial charge in [0, 0.05) is 56.4 Å². The van der Waals surface area contributed by atoms with Crippen molar-refractivity contribution in [3.8, 4) is 11.1 Å². The monoisotopic (exact) mass is 497 g/mol. The maximum atomic E-state index is 5.51. The molecule has 7 rings (SSSR count). The third-order valence-electron chi connectivity index (χ3n) is 7.66. The van der Waals surface area contributed by atoms with Crippen molar-refractivity contribution >= 4 is 33.7 Å². The topological polar surface area (TPSA) is 97.5 Å². The molecule has 2 fully saturated rings. The van der Waals surface area contributed by atoms with Crippen molar-refractivity contribution in [1.82, 2.24) is 25.1 Å². The first-order valence-corrected chi connectivity index (χ1v) is 12.9. The van der Waals surface area contributed by atoms with Gasteiger partial charge in [0.05, 0.1) is 65.8 Å². The minimum Gasteiger partial charge on any atom is -0.378 e. The highest BCUT2D eigenvalue weighted by Crippen LogP contribution is 2.42. The Bertz CT molecular complexity index is 1420. The molecule has 190 valence electrons. The normalized spacial score (nSPS) is 20.1. The van der Waals surface area contributed by atoms with Crippen molar-refractivity contribution in [2.45, 2.75) is 6.17 Å². The Kier molecular flexibility index (Phi) is 5.55. The van der Waals surface area contributed by atoms with E-state index in [1.165, 1.54) is 0 Å². The second-order valence-corrected chi connectivity index (χ2v) is 9.99. The molecule has 3 aliphatic heterocycles. The SMILES string of the molecule is CN1CCN(c2cncc3c2NC(c2[nH]nc4ccc(-c5cncc(N6CCOCC6)c5)cc24)N3)CC1. The van der Waals surface area contributed by atoms with Crippen LogP contribution in [0.4, 0.5) is 22.7 Å². The van der Waals surface area contributed by atoms with Gasteiger partial charge in [0.25, 0.3) is 0 Å². The highest BCUT2D eigenvalue weighted by molar-refractivity contribution is 5.91. The molecule has 0 amide bonds. The van der Waals surface area contributed by atoms with Gasteiger partial charge in [0.15, 0.2) is 0 Å². The number of piperazine rings is 1. The zero-order valence-electron chi connectivity index (χ0n) is 20.9. The van der Waals surface area contributed by atoms with Crippen LogP contribution in [0.2, 0.25) is 0 Å². The van der Waals surface area contributed by atoms with Gasteiger partial charge in [-0.2, -0.15) is 5.10 Å². The standard InChI is InChI=1S/C27H31N9O/c1-34-4-6-36(7-5-34)24-17-29-16-23-26(24)31-27(30-23)25-21-13-18(2-3-22(21)32-33-25)19-12-20(15-28-14-19)35-8-10-37-11-9-35/h2-3,12-17,27,30-31H,4-11H2,1H3,(H,32,33). The van der Waals surface area contributed by atoms with E-state index < -0.39 is 0 Å². The number of H-pyrrole nitrogens is 1. The second-order valence-electron chi connectivity index (χ2n) is 9.99. The first-order valence-electron chi connectivity index (χ1n) is 12.9. The van der Waals surface area contributed by atoms with Crippen LogP contribution in [0.25, 0.3) is 22.0 Å². The third kappa shape index (κ3) is 4.11. The Morgan fingerprint density at radius 1 is 0.838 bits per heavy atom. The molecule has 3 N–H and O–H groups in total. The number of rotatable bonds is 4. The maximum absolute atomic E-state index is 5.51. The molecule has 10 nitrogen and oxygen atoms in total. The van der Waals surface area contributed by atoms with Gasteiger partial charge in [-0.05, 0) is 30.8 Å². The molecule has 0 spiro atoms. The van der Waals surface area contributed by atoms with Crippen molar-refractivity contribution in [1.29, 1.82) is 0 Å². The summed E-state index contributed by atoms with van der Waals surface area (Å²) in [4.78, 5) is 16.2. The Hall–Kier alpha value is -3.89. The molecule has 37 heavy (non-hydrogen) atoms. The fourth-order valence-electron chi connectivity index (χ4n) is 5.49. The number of ether oxygens (including phenoxy) is 1. The van der Waals surface area contributed by atoms with Crippen LogP contribution in [-0.4, -0.2) is 84.6 Å². The minimum atomic E-state index is -0.122. The van der Waals surface area contributed by atoms with E-state index in [0.717, 1.165) is 103 Å². The molecule has 1 atom stereocenters. The molecular formula is C27H31N9O. The molecule has 4 aromatic rings. The van der Waals surface area contributed by atoms with Crippen LogP contribution < -0.4 is 20.4 Å². The summed E-state index contributed by atoms with van der Waals surface area (Å²) in [6, 6.07) is 8.62. The quantitative estimate of drug-likeness (QED) is 0.393. The number of nitrogens with one attached hydrogen (secondary N) is 3. The zero-order chi connectivity index (χ0) is 24.8. The number of aromatic amines is 1. The number of nitrogens with zero attached hydrogens (tertiary/aromatic N) is 6. The van der Waals surface area contributed by atoms with E-state index in [4.69, 9.17) is 4.74 Å². The Morgan fingerprint density at radius 2 is 1.68 bits per heavy atom. The summed E-state index contributed by atoms with van der Waals surface area (Å²) in [5.41, 5.74) is 8.56. The summed E-state index contributed by atoms with van der Waals surface area (Å²) in [6.07, 6.45) is 7.61. The molecule has 0 saturated carbocycles. The number of hydrogen-bond acceptors (Lipinski definition) is 9. The van der Waals surface area contributed by atoms with Crippen LogP contribution in [0.5, 0.6) is 0 Å². The molecule has 0 aliphatic carbocycles. The molecule has 6 heterocycles. The smallest absolute Gasteiger partial charge is 0.141 e. The summed E-state index contributed by atoms with van der Waals surface area (Å²) in [5.74, 6) is 0. The van der Waals surface area contributed by atoms with Crippen molar-refractivity contribution in [2.75, 3.05) is 80.0 Å². The molecule has 2 saturated heterocycles. The largest absolute Gasteiger partial charge is 0.378 e. The molecular weight excluding hydrogens is 466 g/mol. The van der Waals surface area contributed by atoms with Crippen LogP contribution in [0.3, 0.4) is 0 Å². The van der Waals surface area contributed by atoms with Crippen LogP contribution in [0, 0.1) is 0 Å². The van der Waals surface area contributed by atoms with Crippen LogP contribution in [-0.2, 0) is 4.74 Å². The van der Waals surface area contributed by atoms with Gasteiger partial charge in [0.1, 0.15) is 6.17 Å². The van der Waals surface area contributed by atoms with E-state index in [9.17, 15) is 0 Å². The fourth-order valence-corrected chi connectivity index (χ4v) is 5.49. The van der Waals surface area contributed by atoms with E-state index in [2.05, 4.69) is 76.8 Å². The molecule has 3 aliphatic rings. The van der Waals surface area contributed by atoms with E-state index >= 15 is 0 Å². The van der Waals surface area contributed by atoms with Gasteiger partial charge in [-0.1, -0.05) is 6.07 Å². The molecule has 3 aromatic heterocycles. The summed E-state index contributed by atoms with van der Waals surface area (Å²) in [5, 5.41) is 16.3. The molecule has 1 unspecified atom stereocenters. The van der Waals surface area contributed by atoms with Gasteiger partial charge in [-0.15, -0.1) is 0 Å². The number of aromatic nitrogens is 4. The van der Waals surface area contributed by atoms with Gasteiger partial charge in [-0.3, -0.25) is 15.1 Å². The van der Waals surface area contributed by atoms with Gasteiger partial charge in [0.2, 0.25) is 0 Å². The minimum absolute atomic E-state index is 0.122. The van der Waals surface area contributed by atoms with Crippen molar-refractivity contribution in [3.63, 3.8) is 0 Å². The van der Waals surface area contributed by atoms with E-state index in [0.29, 0.717) is 0 Å². The number of anilines is 4. The zero-order valence-corrected chi connectivity index (χ0v) is 20.9. The molecule has 10 heteroatoms. The van der Waals surface area contributed by atoms with Crippen molar-refractivity contribution in [3.05, 3.63) is 54.7 Å².